The molecule has 0 atom stereocenters. The lowest BCUT2D eigenvalue weighted by Gasteiger charge is -2.02. The molecule has 2 aromatic rings. The van der Waals surface area contributed by atoms with Gasteiger partial charge in [-0.15, -0.1) is 10.2 Å². The summed E-state index contributed by atoms with van der Waals surface area (Å²) in [7, 11) is 1.45. The Kier molecular flexibility index (Phi) is 3.50. The number of H-pyrrole nitrogens is 1. The number of ether oxygens (including phenoxy) is 1. The zero-order chi connectivity index (χ0) is 13.9. The lowest BCUT2D eigenvalue weighted by atomic mass is 10.7. The minimum Gasteiger partial charge on any atom is -0.466 e. The molecule has 2 heterocycles. The van der Waals surface area contributed by atoms with E-state index >= 15 is 0 Å². The molecule has 2 N–H and O–H groups in total. The molecule has 11 heteroatoms. The van der Waals surface area contributed by atoms with Crippen LogP contribution in [0, 0.1) is 0 Å². The number of rotatable bonds is 6. The van der Waals surface area contributed by atoms with Crippen molar-refractivity contribution in [1.82, 2.24) is 35.4 Å². The highest BCUT2D eigenvalue weighted by Gasteiger charge is 2.28. The largest absolute Gasteiger partial charge is 0.466 e. The number of amides is 1. The summed E-state index contributed by atoms with van der Waals surface area (Å²) in [6, 6.07) is 0.555. The van der Waals surface area contributed by atoms with Crippen molar-refractivity contribution in [2.45, 2.75) is 24.0 Å². The molecule has 1 saturated carbocycles. The highest BCUT2D eigenvalue weighted by molar-refractivity contribution is 7.99. The summed E-state index contributed by atoms with van der Waals surface area (Å²) in [6.45, 7) is 0. The summed E-state index contributed by atoms with van der Waals surface area (Å²) in [4.78, 5) is 15.7. The molecule has 3 rings (SSSR count). The van der Waals surface area contributed by atoms with Crippen LogP contribution in [0.15, 0.2) is 5.16 Å². The SMILES string of the molecule is COc1n[nH]c(NC(=O)CSc2nnnn2C2CC2)n1. The van der Waals surface area contributed by atoms with E-state index in [0.717, 1.165) is 12.8 Å². The van der Waals surface area contributed by atoms with Gasteiger partial charge in [0.15, 0.2) is 0 Å². The number of carbonyl (C=O) groups excluding carboxylic acids is 1. The Morgan fingerprint density at radius 2 is 2.45 bits per heavy atom. The van der Waals surface area contributed by atoms with Crippen LogP contribution in [0.4, 0.5) is 5.95 Å². The number of aromatic amines is 1. The van der Waals surface area contributed by atoms with Crippen molar-refractivity contribution in [2.24, 2.45) is 0 Å². The van der Waals surface area contributed by atoms with Crippen molar-refractivity contribution in [2.75, 3.05) is 18.2 Å². The van der Waals surface area contributed by atoms with Gasteiger partial charge in [0, 0.05) is 0 Å². The van der Waals surface area contributed by atoms with Crippen LogP contribution >= 0.6 is 11.8 Å². The number of thioether (sulfide) groups is 1. The van der Waals surface area contributed by atoms with Gasteiger partial charge < -0.3 is 4.74 Å². The average molecular weight is 296 g/mol. The Balaban J connectivity index is 1.52. The van der Waals surface area contributed by atoms with Gasteiger partial charge in [-0.25, -0.2) is 9.78 Å². The van der Waals surface area contributed by atoms with Gasteiger partial charge in [-0.3, -0.25) is 10.1 Å². The Morgan fingerprint density at radius 3 is 3.15 bits per heavy atom. The normalized spacial score (nSPS) is 14.2. The number of nitrogens with zero attached hydrogens (tertiary/aromatic N) is 6. The summed E-state index contributed by atoms with van der Waals surface area (Å²) in [5.41, 5.74) is 0. The highest BCUT2D eigenvalue weighted by atomic mass is 32.2. The fourth-order valence-electron chi connectivity index (χ4n) is 1.52. The third-order valence-corrected chi connectivity index (χ3v) is 3.53. The van der Waals surface area contributed by atoms with Gasteiger partial charge in [0.25, 0.3) is 0 Å². The van der Waals surface area contributed by atoms with E-state index in [9.17, 15) is 4.79 Å². The van der Waals surface area contributed by atoms with E-state index in [0.29, 0.717) is 11.2 Å². The number of anilines is 1. The first-order valence-electron chi connectivity index (χ1n) is 5.93. The van der Waals surface area contributed by atoms with Crippen LogP contribution in [0.1, 0.15) is 18.9 Å². The number of carbonyl (C=O) groups is 1. The second kappa shape index (κ2) is 5.45. The molecule has 20 heavy (non-hydrogen) atoms. The number of tetrazole rings is 1. The van der Waals surface area contributed by atoms with Crippen LogP contribution in [0.3, 0.4) is 0 Å². The molecule has 1 aliphatic rings. The fraction of sp³-hybridized carbons (Fsp3) is 0.556. The van der Waals surface area contributed by atoms with Crippen molar-refractivity contribution < 1.29 is 9.53 Å². The van der Waals surface area contributed by atoms with Crippen molar-refractivity contribution in [3.8, 4) is 6.01 Å². The van der Waals surface area contributed by atoms with Gasteiger partial charge in [0.1, 0.15) is 0 Å². The van der Waals surface area contributed by atoms with Crippen LogP contribution in [0.25, 0.3) is 0 Å². The maximum Gasteiger partial charge on any atom is 0.336 e. The summed E-state index contributed by atoms with van der Waals surface area (Å²) < 4.78 is 6.56. The van der Waals surface area contributed by atoms with E-state index in [1.165, 1.54) is 18.9 Å². The molecule has 2 aromatic heterocycles. The second-order valence-corrected chi connectivity index (χ2v) is 5.09. The molecule has 1 aliphatic carbocycles. The van der Waals surface area contributed by atoms with Crippen LogP contribution in [-0.4, -0.2) is 54.2 Å². The zero-order valence-corrected chi connectivity index (χ0v) is 11.4. The first kappa shape index (κ1) is 12.8. The first-order valence-corrected chi connectivity index (χ1v) is 6.91. The van der Waals surface area contributed by atoms with E-state index in [4.69, 9.17) is 4.74 Å². The van der Waals surface area contributed by atoms with Crippen LogP contribution in [0.2, 0.25) is 0 Å². The maximum atomic E-state index is 11.8. The molecule has 0 saturated heterocycles. The summed E-state index contributed by atoms with van der Waals surface area (Å²) >= 11 is 1.28. The lowest BCUT2D eigenvalue weighted by molar-refractivity contribution is -0.113. The maximum absolute atomic E-state index is 11.8. The minimum atomic E-state index is -0.223. The number of nitrogens with one attached hydrogen (secondary N) is 2. The Hall–Kier alpha value is -2.17. The third kappa shape index (κ3) is 2.87. The molecule has 10 nitrogen and oxygen atoms in total. The number of methoxy groups -OCH3 is 1. The van der Waals surface area contributed by atoms with E-state index in [-0.39, 0.29) is 23.6 Å². The first-order chi connectivity index (χ1) is 9.76. The predicted molar refractivity (Wildman–Crippen MR) is 68.4 cm³/mol. The molecule has 0 bridgehead atoms. The number of hydrogen-bond acceptors (Lipinski definition) is 8. The van der Waals surface area contributed by atoms with E-state index < -0.39 is 0 Å². The standard InChI is InChI=1S/C9H12N8O2S/c1-19-8-11-7(12-13-8)10-6(18)4-20-9-14-15-16-17(9)5-2-3-5/h5H,2-4H2,1H3,(H2,10,11,12,13,18). The van der Waals surface area contributed by atoms with Crippen LogP contribution < -0.4 is 10.1 Å². The van der Waals surface area contributed by atoms with Gasteiger partial charge in [-0.05, 0) is 23.3 Å². The Morgan fingerprint density at radius 1 is 1.60 bits per heavy atom. The van der Waals surface area contributed by atoms with Crippen molar-refractivity contribution in [1.29, 1.82) is 0 Å². The quantitative estimate of drug-likeness (QED) is 0.706. The average Bonchev–Trinajstić information content (AvgIpc) is 3.01. The van der Waals surface area contributed by atoms with E-state index in [2.05, 4.69) is 36.0 Å². The van der Waals surface area contributed by atoms with Crippen molar-refractivity contribution in [3.63, 3.8) is 0 Å². The van der Waals surface area contributed by atoms with Crippen LogP contribution in [0.5, 0.6) is 6.01 Å². The Labute approximate surface area is 117 Å². The monoisotopic (exact) mass is 296 g/mol. The van der Waals surface area contributed by atoms with Crippen molar-refractivity contribution in [3.05, 3.63) is 0 Å². The molecule has 1 fully saturated rings. The molecule has 0 aromatic carbocycles. The van der Waals surface area contributed by atoms with Gasteiger partial charge >= 0.3 is 6.01 Å². The van der Waals surface area contributed by atoms with Crippen molar-refractivity contribution >= 4 is 23.6 Å². The topological polar surface area (TPSA) is 123 Å². The molecule has 0 radical (unpaired) electrons. The third-order valence-electron chi connectivity index (χ3n) is 2.59. The molecule has 0 unspecified atom stereocenters. The zero-order valence-electron chi connectivity index (χ0n) is 10.6. The number of hydrogen-bond donors (Lipinski definition) is 2. The summed E-state index contributed by atoms with van der Waals surface area (Å²) in [6.07, 6.45) is 2.17. The second-order valence-electron chi connectivity index (χ2n) is 4.14. The predicted octanol–water partition coefficient (Wildman–Crippen LogP) is -0.135. The van der Waals surface area contributed by atoms with Crippen LogP contribution in [-0.2, 0) is 4.79 Å². The highest BCUT2D eigenvalue weighted by Crippen LogP contribution is 2.36. The van der Waals surface area contributed by atoms with Gasteiger partial charge in [0.05, 0.1) is 18.9 Å². The van der Waals surface area contributed by atoms with E-state index in [1.54, 1.807) is 4.68 Å². The molecule has 0 aliphatic heterocycles. The molecular formula is C9H12N8O2S. The van der Waals surface area contributed by atoms with Gasteiger partial charge in [-0.2, -0.15) is 4.98 Å². The molecule has 106 valence electrons. The molecule has 0 spiro atoms. The summed E-state index contributed by atoms with van der Waals surface area (Å²) in [5.74, 6) is 0.212. The smallest absolute Gasteiger partial charge is 0.336 e. The fourth-order valence-corrected chi connectivity index (χ4v) is 2.27. The van der Waals surface area contributed by atoms with Gasteiger partial charge in [0.2, 0.25) is 17.0 Å². The lowest BCUT2D eigenvalue weighted by Crippen LogP contribution is -2.15. The number of aromatic nitrogens is 7. The minimum absolute atomic E-state index is 0.172. The molecular weight excluding hydrogens is 284 g/mol. The van der Waals surface area contributed by atoms with Gasteiger partial charge in [-0.1, -0.05) is 11.8 Å². The Bertz CT molecular complexity index is 607. The van der Waals surface area contributed by atoms with E-state index in [1.807, 2.05) is 0 Å². The summed E-state index contributed by atoms with van der Waals surface area (Å²) in [5, 5.41) is 20.9. The molecule has 1 amide bonds.